The highest BCUT2D eigenvalue weighted by Gasteiger charge is 2.62. The zero-order valence-corrected chi connectivity index (χ0v) is 10.3. The molecule has 1 heterocycles. The van der Waals surface area contributed by atoms with Crippen molar-refractivity contribution in [3.8, 4) is 0 Å². The van der Waals surface area contributed by atoms with Gasteiger partial charge in [0.25, 0.3) is 0 Å². The Hall–Kier alpha value is -0.670. The standard InChI is InChI=1S/C8H14NO8P/c1-3(11)9-4-5(12)6(13)8(2-10,18(15)16)17-7(4)14/h4-7,10,12-14H,2H2,1H3,(H,9,11)/t4-,5-,6+,7?,8-/m1/s1. The number of amides is 1. The molecule has 0 aromatic rings. The molecule has 1 fully saturated rings. The van der Waals surface area contributed by atoms with E-state index >= 15 is 0 Å². The number of aliphatic hydroxyl groups is 4. The van der Waals surface area contributed by atoms with Crippen molar-refractivity contribution < 1.29 is 39.4 Å². The number of hydrogen-bond acceptors (Lipinski definition) is 8. The maximum atomic E-state index is 11.0. The predicted molar refractivity (Wildman–Crippen MR) is 54.1 cm³/mol. The molecule has 18 heavy (non-hydrogen) atoms. The number of carbonyl (C=O) groups excluding carboxylic acids is 1. The Morgan fingerprint density at radius 3 is 2.44 bits per heavy atom. The average molecular weight is 283 g/mol. The second-order valence-corrected chi connectivity index (χ2v) is 5.20. The van der Waals surface area contributed by atoms with E-state index in [2.05, 4.69) is 10.1 Å². The lowest BCUT2D eigenvalue weighted by Crippen LogP contribution is -2.68. The SMILES string of the molecule is CC(=O)N[C@H]1C(O)O[C@](CO)([P+](=O)[O-])[C@@H](O)[C@@H]1O. The van der Waals surface area contributed by atoms with Gasteiger partial charge in [-0.2, -0.15) is 0 Å². The minimum atomic E-state index is -3.49. The van der Waals surface area contributed by atoms with Crippen LogP contribution in [0.1, 0.15) is 6.92 Å². The topological polar surface area (TPSA) is 159 Å². The zero-order chi connectivity index (χ0) is 14.1. The summed E-state index contributed by atoms with van der Waals surface area (Å²) in [5.74, 6) is -0.614. The van der Waals surface area contributed by atoms with Crippen molar-refractivity contribution >= 4 is 13.9 Å². The van der Waals surface area contributed by atoms with Gasteiger partial charge in [-0.1, -0.05) is 4.57 Å². The van der Waals surface area contributed by atoms with Gasteiger partial charge in [-0.05, 0) is 0 Å². The van der Waals surface area contributed by atoms with Gasteiger partial charge in [0.2, 0.25) is 5.91 Å². The third kappa shape index (κ3) is 2.52. The first-order chi connectivity index (χ1) is 8.26. The monoisotopic (exact) mass is 283 g/mol. The largest absolute Gasteiger partial charge is 0.593 e. The molecule has 1 rings (SSSR count). The van der Waals surface area contributed by atoms with Crippen molar-refractivity contribution in [2.75, 3.05) is 6.61 Å². The van der Waals surface area contributed by atoms with Gasteiger partial charge in [-0.15, -0.1) is 0 Å². The summed E-state index contributed by atoms with van der Waals surface area (Å²) >= 11 is 0. The van der Waals surface area contributed by atoms with Crippen LogP contribution in [-0.2, 0) is 14.1 Å². The van der Waals surface area contributed by atoms with E-state index in [-0.39, 0.29) is 0 Å². The van der Waals surface area contributed by atoms with Crippen LogP contribution in [0.2, 0.25) is 0 Å². The van der Waals surface area contributed by atoms with Crippen molar-refractivity contribution in [3.63, 3.8) is 0 Å². The number of ether oxygens (including phenoxy) is 1. The van der Waals surface area contributed by atoms with Gasteiger partial charge in [0.05, 0.1) is 0 Å². The lowest BCUT2D eigenvalue weighted by Gasteiger charge is -2.42. The quantitative estimate of drug-likeness (QED) is 0.331. The molecule has 0 aromatic carbocycles. The molecule has 1 amide bonds. The smallest absolute Gasteiger partial charge is 0.350 e. The summed E-state index contributed by atoms with van der Waals surface area (Å²) in [6.45, 7) is -0.0401. The highest BCUT2D eigenvalue weighted by Crippen LogP contribution is 2.42. The van der Waals surface area contributed by atoms with Crippen LogP contribution in [0.4, 0.5) is 0 Å². The Labute approximate surface area is 103 Å². The molecule has 5 N–H and O–H groups in total. The van der Waals surface area contributed by atoms with Gasteiger partial charge in [-0.25, -0.2) is 0 Å². The maximum Gasteiger partial charge on any atom is 0.350 e. The molecule has 0 aliphatic carbocycles. The molecular formula is C8H14NO8P. The number of nitrogens with one attached hydrogen (secondary N) is 1. The van der Waals surface area contributed by atoms with E-state index in [4.69, 9.17) is 5.11 Å². The lowest BCUT2D eigenvalue weighted by atomic mass is 9.96. The zero-order valence-electron chi connectivity index (χ0n) is 9.39. The van der Waals surface area contributed by atoms with E-state index < -0.39 is 50.4 Å². The molecule has 0 spiro atoms. The summed E-state index contributed by atoms with van der Waals surface area (Å²) in [5, 5.41) is 37.5. The molecule has 1 aliphatic rings. The molecule has 10 heteroatoms. The van der Waals surface area contributed by atoms with Crippen LogP contribution in [0, 0.1) is 0 Å². The minimum Gasteiger partial charge on any atom is -0.593 e. The van der Waals surface area contributed by atoms with Crippen LogP contribution in [0.3, 0.4) is 0 Å². The van der Waals surface area contributed by atoms with Crippen LogP contribution < -0.4 is 10.2 Å². The molecule has 104 valence electrons. The van der Waals surface area contributed by atoms with Crippen molar-refractivity contribution in [3.05, 3.63) is 0 Å². The molecule has 1 aliphatic heterocycles. The van der Waals surface area contributed by atoms with Gasteiger partial charge < -0.3 is 30.6 Å². The fraction of sp³-hybridized carbons (Fsp3) is 0.875. The van der Waals surface area contributed by atoms with Gasteiger partial charge >= 0.3 is 13.4 Å². The first kappa shape index (κ1) is 15.4. The minimum absolute atomic E-state index is 0.614. The predicted octanol–water partition coefficient (Wildman–Crippen LogP) is -3.65. The number of hydrogen-bond donors (Lipinski definition) is 5. The number of aliphatic hydroxyl groups excluding tert-OH is 4. The highest BCUT2D eigenvalue weighted by atomic mass is 31.1. The number of rotatable bonds is 3. The molecule has 0 bridgehead atoms. The second-order valence-electron chi connectivity index (χ2n) is 3.93. The molecule has 1 saturated heterocycles. The Balaban J connectivity index is 3.02. The second kappa shape index (κ2) is 5.54. The Morgan fingerprint density at radius 2 is 2.06 bits per heavy atom. The first-order valence-electron chi connectivity index (χ1n) is 5.00. The van der Waals surface area contributed by atoms with Crippen molar-refractivity contribution in [2.24, 2.45) is 0 Å². The maximum absolute atomic E-state index is 11.0. The van der Waals surface area contributed by atoms with E-state index in [1.165, 1.54) is 0 Å². The van der Waals surface area contributed by atoms with E-state index in [0.29, 0.717) is 0 Å². The van der Waals surface area contributed by atoms with Crippen LogP contribution in [0.25, 0.3) is 0 Å². The first-order valence-corrected chi connectivity index (χ1v) is 6.18. The van der Waals surface area contributed by atoms with E-state index in [1.807, 2.05) is 0 Å². The van der Waals surface area contributed by atoms with Crippen LogP contribution in [0.5, 0.6) is 0 Å². The summed E-state index contributed by atoms with van der Waals surface area (Å²) in [5.41, 5.74) is 0. The van der Waals surface area contributed by atoms with Crippen LogP contribution in [-0.4, -0.2) is 62.8 Å². The van der Waals surface area contributed by atoms with Crippen molar-refractivity contribution in [1.82, 2.24) is 5.32 Å². The Bertz CT molecular complexity index is 352. The van der Waals surface area contributed by atoms with Gasteiger partial charge in [0, 0.05) is 6.92 Å². The summed E-state index contributed by atoms with van der Waals surface area (Å²) < 4.78 is 15.7. The lowest BCUT2D eigenvalue weighted by molar-refractivity contribution is -0.288. The fourth-order valence-corrected chi connectivity index (χ4v) is 2.39. The molecule has 0 saturated carbocycles. The summed E-state index contributed by atoms with van der Waals surface area (Å²) in [6.07, 6.45) is -5.70. The van der Waals surface area contributed by atoms with Crippen molar-refractivity contribution in [2.45, 2.75) is 36.8 Å². The van der Waals surface area contributed by atoms with Gasteiger partial charge in [0.1, 0.15) is 18.8 Å². The normalized spacial score (nSPS) is 41.3. The van der Waals surface area contributed by atoms with Gasteiger partial charge in [0.15, 0.2) is 12.4 Å². The third-order valence-electron chi connectivity index (χ3n) is 2.69. The Kier molecular flexibility index (Phi) is 4.73. The molecule has 9 nitrogen and oxygen atoms in total. The van der Waals surface area contributed by atoms with Crippen molar-refractivity contribution in [1.29, 1.82) is 0 Å². The summed E-state index contributed by atoms with van der Waals surface area (Å²) in [4.78, 5) is 21.9. The van der Waals surface area contributed by atoms with E-state index in [0.717, 1.165) is 6.92 Å². The highest BCUT2D eigenvalue weighted by molar-refractivity contribution is 7.38. The molecular weight excluding hydrogens is 269 g/mol. The summed E-state index contributed by atoms with van der Waals surface area (Å²) in [6, 6.07) is -1.40. The van der Waals surface area contributed by atoms with E-state index in [9.17, 15) is 29.6 Å². The Morgan fingerprint density at radius 1 is 1.50 bits per heavy atom. The molecule has 6 atom stereocenters. The third-order valence-corrected chi connectivity index (χ3v) is 3.82. The van der Waals surface area contributed by atoms with E-state index in [1.54, 1.807) is 0 Å². The summed E-state index contributed by atoms with van der Waals surface area (Å²) in [7, 11) is -3.49. The van der Waals surface area contributed by atoms with Crippen LogP contribution >= 0.6 is 8.03 Å². The molecule has 2 unspecified atom stereocenters. The van der Waals surface area contributed by atoms with Crippen LogP contribution in [0.15, 0.2) is 0 Å². The molecule has 0 aromatic heterocycles. The fourth-order valence-electron chi connectivity index (χ4n) is 1.71. The average Bonchev–Trinajstić information content (AvgIpc) is 2.28. The number of carbonyl (C=O) groups is 1. The van der Waals surface area contributed by atoms with Gasteiger partial charge in [-0.3, -0.25) is 9.53 Å². The molecule has 0 radical (unpaired) electrons.